The fraction of sp³-hybridized carbons (Fsp3) is 0.333. The zero-order valence-electron chi connectivity index (χ0n) is 6.55. The summed E-state index contributed by atoms with van der Waals surface area (Å²) in [6.07, 6.45) is 0.889. The molecule has 0 radical (unpaired) electrons. The average Bonchev–Trinajstić information content (AvgIpc) is 1.85. The molecular formula is C9H12ClN. The lowest BCUT2D eigenvalue weighted by atomic mass is 10.1. The molecule has 1 aromatic carbocycles. The van der Waals surface area contributed by atoms with Crippen molar-refractivity contribution >= 4 is 11.6 Å². The van der Waals surface area contributed by atoms with Crippen molar-refractivity contribution in [3.05, 3.63) is 34.9 Å². The molecule has 0 aliphatic rings. The van der Waals surface area contributed by atoms with Crippen molar-refractivity contribution in [2.24, 2.45) is 5.73 Å². The van der Waals surface area contributed by atoms with Crippen LogP contribution in [-0.4, -0.2) is 6.04 Å². The van der Waals surface area contributed by atoms with E-state index < -0.39 is 0 Å². The molecule has 0 amide bonds. The van der Waals surface area contributed by atoms with Crippen LogP contribution in [0.2, 0.25) is 5.02 Å². The lowest BCUT2D eigenvalue weighted by Gasteiger charge is -2.04. The summed E-state index contributed by atoms with van der Waals surface area (Å²) in [4.78, 5) is 0. The first-order chi connectivity index (χ1) is 5.18. The Bertz CT molecular complexity index is 233. The fourth-order valence-electron chi connectivity index (χ4n) is 1.04. The summed E-state index contributed by atoms with van der Waals surface area (Å²) in [6.45, 7) is 1.99. The first-order valence-electron chi connectivity index (χ1n) is 3.68. The van der Waals surface area contributed by atoms with Crippen molar-refractivity contribution in [1.29, 1.82) is 0 Å². The van der Waals surface area contributed by atoms with E-state index in [4.69, 9.17) is 17.3 Å². The Hall–Kier alpha value is -0.530. The van der Waals surface area contributed by atoms with Gasteiger partial charge < -0.3 is 5.73 Å². The molecule has 2 N–H and O–H groups in total. The maximum Gasteiger partial charge on any atom is 0.0408 e. The van der Waals surface area contributed by atoms with E-state index in [1.165, 1.54) is 5.56 Å². The second-order valence-corrected chi connectivity index (χ2v) is 3.25. The summed E-state index contributed by atoms with van der Waals surface area (Å²) >= 11 is 5.79. The van der Waals surface area contributed by atoms with Crippen molar-refractivity contribution in [3.63, 3.8) is 0 Å². The maximum absolute atomic E-state index is 5.79. The molecule has 0 heterocycles. The van der Waals surface area contributed by atoms with Crippen LogP contribution in [0.15, 0.2) is 24.3 Å². The average molecular weight is 170 g/mol. The Labute approximate surface area is 72.2 Å². The van der Waals surface area contributed by atoms with Gasteiger partial charge in [0.25, 0.3) is 0 Å². The second-order valence-electron chi connectivity index (χ2n) is 2.81. The van der Waals surface area contributed by atoms with Gasteiger partial charge in [0, 0.05) is 11.1 Å². The van der Waals surface area contributed by atoms with Gasteiger partial charge in [0.15, 0.2) is 0 Å². The zero-order valence-corrected chi connectivity index (χ0v) is 7.31. The highest BCUT2D eigenvalue weighted by Gasteiger charge is 1.97. The van der Waals surface area contributed by atoms with Crippen molar-refractivity contribution in [1.82, 2.24) is 0 Å². The van der Waals surface area contributed by atoms with Crippen LogP contribution < -0.4 is 5.73 Å². The first kappa shape index (κ1) is 8.57. The third-order valence-electron chi connectivity index (χ3n) is 1.45. The van der Waals surface area contributed by atoms with E-state index in [0.29, 0.717) is 0 Å². The van der Waals surface area contributed by atoms with E-state index in [1.54, 1.807) is 0 Å². The van der Waals surface area contributed by atoms with Crippen LogP contribution in [0.25, 0.3) is 0 Å². The summed E-state index contributed by atoms with van der Waals surface area (Å²) in [5.41, 5.74) is 6.83. The maximum atomic E-state index is 5.79. The molecule has 1 aromatic rings. The molecule has 0 saturated carbocycles. The van der Waals surface area contributed by atoms with Crippen LogP contribution in [0.1, 0.15) is 12.5 Å². The predicted molar refractivity (Wildman–Crippen MR) is 48.8 cm³/mol. The molecule has 0 aliphatic heterocycles. The van der Waals surface area contributed by atoms with E-state index in [9.17, 15) is 0 Å². The molecule has 0 spiro atoms. The standard InChI is InChI=1S/C9H12ClN/c1-7(11)5-8-3-2-4-9(10)6-8/h2-4,6-7H,5,11H2,1H3/t7-/m0/s1. The number of halogens is 1. The Kier molecular flexibility index (Phi) is 2.92. The van der Waals surface area contributed by atoms with E-state index in [2.05, 4.69) is 0 Å². The van der Waals surface area contributed by atoms with Gasteiger partial charge in [-0.2, -0.15) is 0 Å². The molecule has 11 heavy (non-hydrogen) atoms. The number of benzene rings is 1. The highest BCUT2D eigenvalue weighted by molar-refractivity contribution is 6.30. The van der Waals surface area contributed by atoms with Crippen LogP contribution in [0.5, 0.6) is 0 Å². The van der Waals surface area contributed by atoms with E-state index in [-0.39, 0.29) is 6.04 Å². The summed E-state index contributed by atoms with van der Waals surface area (Å²) in [5.74, 6) is 0. The van der Waals surface area contributed by atoms with Crippen LogP contribution in [0.3, 0.4) is 0 Å². The van der Waals surface area contributed by atoms with Crippen LogP contribution >= 0.6 is 11.6 Å². The third-order valence-corrected chi connectivity index (χ3v) is 1.68. The van der Waals surface area contributed by atoms with Crippen LogP contribution in [0, 0.1) is 0 Å². The first-order valence-corrected chi connectivity index (χ1v) is 4.06. The number of hydrogen-bond acceptors (Lipinski definition) is 1. The fourth-order valence-corrected chi connectivity index (χ4v) is 1.25. The molecular weight excluding hydrogens is 158 g/mol. The number of rotatable bonds is 2. The predicted octanol–water partition coefficient (Wildman–Crippen LogP) is 2.23. The minimum atomic E-state index is 0.202. The SMILES string of the molecule is C[C@H](N)Cc1cccc(Cl)c1. The largest absolute Gasteiger partial charge is 0.328 e. The van der Waals surface area contributed by atoms with Gasteiger partial charge in [-0.3, -0.25) is 0 Å². The van der Waals surface area contributed by atoms with E-state index >= 15 is 0 Å². The Morgan fingerprint density at radius 2 is 2.27 bits per heavy atom. The van der Waals surface area contributed by atoms with Gasteiger partial charge in [0.2, 0.25) is 0 Å². The minimum Gasteiger partial charge on any atom is -0.328 e. The van der Waals surface area contributed by atoms with Crippen molar-refractivity contribution in [2.45, 2.75) is 19.4 Å². The molecule has 0 unspecified atom stereocenters. The van der Waals surface area contributed by atoms with Gasteiger partial charge in [0.1, 0.15) is 0 Å². The van der Waals surface area contributed by atoms with Gasteiger partial charge in [0.05, 0.1) is 0 Å². The van der Waals surface area contributed by atoms with Gasteiger partial charge >= 0.3 is 0 Å². The number of hydrogen-bond donors (Lipinski definition) is 1. The monoisotopic (exact) mass is 169 g/mol. The second kappa shape index (κ2) is 3.74. The van der Waals surface area contributed by atoms with Gasteiger partial charge in [-0.25, -0.2) is 0 Å². The molecule has 60 valence electrons. The normalized spacial score (nSPS) is 13.0. The molecule has 0 aromatic heterocycles. The van der Waals surface area contributed by atoms with Crippen molar-refractivity contribution < 1.29 is 0 Å². The third kappa shape index (κ3) is 2.91. The molecule has 0 fully saturated rings. The van der Waals surface area contributed by atoms with Crippen LogP contribution in [-0.2, 0) is 6.42 Å². The van der Waals surface area contributed by atoms with Gasteiger partial charge in [-0.15, -0.1) is 0 Å². The van der Waals surface area contributed by atoms with Crippen molar-refractivity contribution in [2.75, 3.05) is 0 Å². The van der Waals surface area contributed by atoms with E-state index in [0.717, 1.165) is 11.4 Å². The molecule has 0 aliphatic carbocycles. The smallest absolute Gasteiger partial charge is 0.0408 e. The van der Waals surface area contributed by atoms with Crippen molar-refractivity contribution in [3.8, 4) is 0 Å². The van der Waals surface area contributed by atoms with Gasteiger partial charge in [-0.05, 0) is 31.0 Å². The van der Waals surface area contributed by atoms with E-state index in [1.807, 2.05) is 31.2 Å². The quantitative estimate of drug-likeness (QED) is 0.722. The summed E-state index contributed by atoms with van der Waals surface area (Å²) in [5, 5.41) is 0.781. The molecule has 1 atom stereocenters. The lowest BCUT2D eigenvalue weighted by Crippen LogP contribution is -2.17. The molecule has 1 rings (SSSR count). The zero-order chi connectivity index (χ0) is 8.27. The molecule has 0 saturated heterocycles. The lowest BCUT2D eigenvalue weighted by molar-refractivity contribution is 0.738. The topological polar surface area (TPSA) is 26.0 Å². The Morgan fingerprint density at radius 3 is 2.82 bits per heavy atom. The highest BCUT2D eigenvalue weighted by atomic mass is 35.5. The Morgan fingerprint density at radius 1 is 1.55 bits per heavy atom. The highest BCUT2D eigenvalue weighted by Crippen LogP contribution is 2.11. The summed E-state index contributed by atoms with van der Waals surface area (Å²) in [6, 6.07) is 8.00. The molecule has 2 heteroatoms. The summed E-state index contributed by atoms with van der Waals surface area (Å²) < 4.78 is 0. The van der Waals surface area contributed by atoms with Crippen LogP contribution in [0.4, 0.5) is 0 Å². The summed E-state index contributed by atoms with van der Waals surface area (Å²) in [7, 11) is 0. The van der Waals surface area contributed by atoms with Gasteiger partial charge in [-0.1, -0.05) is 23.7 Å². The molecule has 1 nitrogen and oxygen atoms in total. The Balaban J connectivity index is 2.71. The molecule has 0 bridgehead atoms. The number of nitrogens with two attached hydrogens (primary N) is 1. The minimum absolute atomic E-state index is 0.202.